The Morgan fingerprint density at radius 2 is 1.75 bits per heavy atom. The molecule has 2 N–H and O–H groups in total. The lowest BCUT2D eigenvalue weighted by Crippen LogP contribution is -2.13. The smallest absolute Gasteiger partial charge is 0.269 e. The van der Waals surface area contributed by atoms with E-state index in [2.05, 4.69) is 10.7 Å². The second-order valence-corrected chi connectivity index (χ2v) is 7.02. The summed E-state index contributed by atoms with van der Waals surface area (Å²) in [6.07, 6.45) is 4.57. The number of hydrogen-bond acceptors (Lipinski definition) is 4. The summed E-state index contributed by atoms with van der Waals surface area (Å²) in [5.41, 5.74) is 8.00. The first-order valence-corrected chi connectivity index (χ1v) is 8.92. The van der Waals surface area contributed by atoms with E-state index in [1.165, 1.54) is 17.2 Å². The quantitative estimate of drug-likeness (QED) is 0.793. The second kappa shape index (κ2) is 7.42. The van der Waals surface area contributed by atoms with Crippen LogP contribution < -0.4 is 5.73 Å². The molecule has 2 aromatic heterocycles. The van der Waals surface area contributed by atoms with Gasteiger partial charge in [0.05, 0.1) is 5.69 Å². The molecule has 5 nitrogen and oxygen atoms in total. The third-order valence-corrected chi connectivity index (χ3v) is 5.19. The minimum absolute atomic E-state index is 0.181. The Bertz CT molecular complexity index is 916. The molecule has 0 unspecified atom stereocenters. The van der Waals surface area contributed by atoms with Crippen LogP contribution in [0.3, 0.4) is 0 Å². The molecule has 0 saturated carbocycles. The Kier molecular flexibility index (Phi) is 5.54. The fraction of sp³-hybridized carbons (Fsp3) is 0.167. The Hall–Kier alpha value is -2.44. The second-order valence-electron chi connectivity index (χ2n) is 5.21. The molecule has 0 aliphatic heterocycles. The SMILES string of the molecule is CN.Cc1cc(-c2ccccc2C)n(S(=O)(=O)c2cccnc2)c1. The summed E-state index contributed by atoms with van der Waals surface area (Å²) in [4.78, 5) is 4.09. The van der Waals surface area contributed by atoms with Crippen LogP contribution in [0.5, 0.6) is 0 Å². The van der Waals surface area contributed by atoms with E-state index < -0.39 is 10.0 Å². The molecule has 3 aromatic rings. The molecule has 3 rings (SSSR count). The summed E-state index contributed by atoms with van der Waals surface area (Å²) in [5.74, 6) is 0. The first-order valence-electron chi connectivity index (χ1n) is 7.48. The number of nitrogens with zero attached hydrogens (tertiary/aromatic N) is 2. The van der Waals surface area contributed by atoms with Crippen LogP contribution in [0.25, 0.3) is 11.3 Å². The van der Waals surface area contributed by atoms with E-state index in [1.807, 2.05) is 44.2 Å². The van der Waals surface area contributed by atoms with E-state index in [4.69, 9.17) is 0 Å². The van der Waals surface area contributed by atoms with E-state index >= 15 is 0 Å². The highest BCUT2D eigenvalue weighted by molar-refractivity contribution is 7.90. The minimum atomic E-state index is -3.66. The average Bonchev–Trinajstić information content (AvgIpc) is 3.00. The van der Waals surface area contributed by atoms with Crippen molar-refractivity contribution in [1.29, 1.82) is 0 Å². The first kappa shape index (κ1) is 17.9. The van der Waals surface area contributed by atoms with Crippen LogP contribution in [0, 0.1) is 13.8 Å². The van der Waals surface area contributed by atoms with Gasteiger partial charge in [0.2, 0.25) is 0 Å². The maximum absolute atomic E-state index is 12.9. The maximum Gasteiger partial charge on any atom is 0.269 e. The zero-order chi connectivity index (χ0) is 17.7. The molecule has 1 aromatic carbocycles. The van der Waals surface area contributed by atoms with Gasteiger partial charge in [-0.1, -0.05) is 24.3 Å². The zero-order valence-corrected chi connectivity index (χ0v) is 14.8. The van der Waals surface area contributed by atoms with Gasteiger partial charge in [0.25, 0.3) is 10.0 Å². The zero-order valence-electron chi connectivity index (χ0n) is 14.0. The van der Waals surface area contributed by atoms with Crippen molar-refractivity contribution in [1.82, 2.24) is 8.96 Å². The summed E-state index contributed by atoms with van der Waals surface area (Å²) >= 11 is 0. The summed E-state index contributed by atoms with van der Waals surface area (Å²) in [6, 6.07) is 12.8. The molecule has 0 spiro atoms. The molecular formula is C18H21N3O2S. The molecule has 0 amide bonds. The Morgan fingerprint density at radius 3 is 2.38 bits per heavy atom. The van der Waals surface area contributed by atoms with Crippen molar-refractivity contribution in [2.45, 2.75) is 18.7 Å². The van der Waals surface area contributed by atoms with Gasteiger partial charge in [0.15, 0.2) is 0 Å². The molecule has 0 atom stereocenters. The third kappa shape index (κ3) is 3.39. The summed E-state index contributed by atoms with van der Waals surface area (Å²) in [7, 11) is -2.16. The molecule has 2 heterocycles. The highest BCUT2D eigenvalue weighted by atomic mass is 32.2. The molecule has 126 valence electrons. The van der Waals surface area contributed by atoms with Crippen LogP contribution in [0.15, 0.2) is 66.0 Å². The van der Waals surface area contributed by atoms with Crippen molar-refractivity contribution in [2.75, 3.05) is 7.05 Å². The number of hydrogen-bond donors (Lipinski definition) is 1. The molecule has 0 fully saturated rings. The molecule has 6 heteroatoms. The fourth-order valence-corrected chi connectivity index (χ4v) is 3.83. The standard InChI is InChI=1S/C17H16N2O2S.CH5N/c1-13-10-17(16-8-4-3-6-14(16)2)19(12-13)22(20,21)15-7-5-9-18-11-15;1-2/h3-12H,1-2H3;2H2,1H3. The van der Waals surface area contributed by atoms with E-state index in [1.54, 1.807) is 24.5 Å². The number of pyridine rings is 1. The summed E-state index contributed by atoms with van der Waals surface area (Å²) < 4.78 is 27.1. The van der Waals surface area contributed by atoms with Gasteiger partial charge in [0.1, 0.15) is 4.90 Å². The van der Waals surface area contributed by atoms with Crippen LogP contribution in [0.1, 0.15) is 11.1 Å². The van der Waals surface area contributed by atoms with Crippen molar-refractivity contribution in [3.05, 3.63) is 72.2 Å². The van der Waals surface area contributed by atoms with Gasteiger partial charge in [-0.25, -0.2) is 12.4 Å². The number of aryl methyl sites for hydroxylation is 2. The van der Waals surface area contributed by atoms with Crippen LogP contribution >= 0.6 is 0 Å². The van der Waals surface area contributed by atoms with Gasteiger partial charge in [-0.2, -0.15) is 0 Å². The van der Waals surface area contributed by atoms with Crippen LogP contribution in [-0.4, -0.2) is 24.4 Å². The number of nitrogens with two attached hydrogens (primary N) is 1. The lowest BCUT2D eigenvalue weighted by atomic mass is 10.1. The highest BCUT2D eigenvalue weighted by Crippen LogP contribution is 2.28. The number of rotatable bonds is 3. The molecule has 0 saturated heterocycles. The highest BCUT2D eigenvalue weighted by Gasteiger charge is 2.21. The number of benzene rings is 1. The van der Waals surface area contributed by atoms with E-state index in [0.717, 1.165) is 16.7 Å². The maximum atomic E-state index is 12.9. The topological polar surface area (TPSA) is 78.0 Å². The lowest BCUT2D eigenvalue weighted by Gasteiger charge is -2.12. The number of aromatic nitrogens is 2. The van der Waals surface area contributed by atoms with Crippen LogP contribution in [-0.2, 0) is 10.0 Å². The largest absolute Gasteiger partial charge is 0.333 e. The normalized spacial score (nSPS) is 10.8. The van der Waals surface area contributed by atoms with Crippen molar-refractivity contribution in [2.24, 2.45) is 5.73 Å². The predicted molar refractivity (Wildman–Crippen MR) is 96.3 cm³/mol. The Morgan fingerprint density at radius 1 is 1.04 bits per heavy atom. The molecular weight excluding hydrogens is 322 g/mol. The van der Waals surface area contributed by atoms with Crippen molar-refractivity contribution < 1.29 is 8.42 Å². The monoisotopic (exact) mass is 343 g/mol. The summed E-state index contributed by atoms with van der Waals surface area (Å²) in [5, 5.41) is 0. The predicted octanol–water partition coefficient (Wildman–Crippen LogP) is 2.98. The van der Waals surface area contributed by atoms with Crippen molar-refractivity contribution >= 4 is 10.0 Å². The van der Waals surface area contributed by atoms with E-state index in [-0.39, 0.29) is 4.90 Å². The van der Waals surface area contributed by atoms with E-state index in [9.17, 15) is 8.42 Å². The van der Waals surface area contributed by atoms with Crippen LogP contribution in [0.4, 0.5) is 0 Å². The van der Waals surface area contributed by atoms with E-state index in [0.29, 0.717) is 5.69 Å². The average molecular weight is 343 g/mol. The van der Waals surface area contributed by atoms with Gasteiger partial charge in [-0.15, -0.1) is 0 Å². The summed E-state index contributed by atoms with van der Waals surface area (Å²) in [6.45, 7) is 3.86. The minimum Gasteiger partial charge on any atom is -0.333 e. The Balaban J connectivity index is 0.00000100. The van der Waals surface area contributed by atoms with Crippen LogP contribution in [0.2, 0.25) is 0 Å². The van der Waals surface area contributed by atoms with Gasteiger partial charge in [-0.05, 0) is 50.2 Å². The fourth-order valence-electron chi connectivity index (χ4n) is 2.44. The molecule has 24 heavy (non-hydrogen) atoms. The Labute approximate surface area is 142 Å². The van der Waals surface area contributed by atoms with Gasteiger partial charge in [-0.3, -0.25) is 4.98 Å². The van der Waals surface area contributed by atoms with Gasteiger partial charge < -0.3 is 5.73 Å². The molecule has 0 aliphatic carbocycles. The lowest BCUT2D eigenvalue weighted by molar-refractivity contribution is 0.587. The van der Waals surface area contributed by atoms with Gasteiger partial charge in [0, 0.05) is 24.2 Å². The van der Waals surface area contributed by atoms with Crippen molar-refractivity contribution in [3.8, 4) is 11.3 Å². The van der Waals surface area contributed by atoms with Crippen molar-refractivity contribution in [3.63, 3.8) is 0 Å². The first-order chi connectivity index (χ1) is 11.5. The molecule has 0 aliphatic rings. The van der Waals surface area contributed by atoms with Gasteiger partial charge >= 0.3 is 0 Å². The molecule has 0 bridgehead atoms. The molecule has 0 radical (unpaired) electrons. The third-order valence-electron chi connectivity index (χ3n) is 3.53.